The Morgan fingerprint density at radius 3 is 1.62 bits per heavy atom. The fourth-order valence-corrected chi connectivity index (χ4v) is 2.30. The van der Waals surface area contributed by atoms with Crippen molar-refractivity contribution >= 4 is 11.8 Å². The molecule has 0 aromatic heterocycles. The summed E-state index contributed by atoms with van der Waals surface area (Å²) in [6.45, 7) is 2.60. The smallest absolute Gasteiger partial charge is 0.251 e. The third-order valence-electron chi connectivity index (χ3n) is 3.72. The van der Waals surface area contributed by atoms with Gasteiger partial charge in [-0.2, -0.15) is 0 Å². The van der Waals surface area contributed by atoms with E-state index >= 15 is 0 Å². The second kappa shape index (κ2) is 12.5. The monoisotopic (exact) mass is 334 g/mol. The van der Waals surface area contributed by atoms with Gasteiger partial charge in [-0.3, -0.25) is 9.59 Å². The Balaban J connectivity index is 2.41. The van der Waals surface area contributed by atoms with Crippen molar-refractivity contribution in [2.45, 2.75) is 38.5 Å². The molecule has 0 bridgehead atoms. The van der Waals surface area contributed by atoms with Gasteiger partial charge in [-0.25, -0.2) is 0 Å². The Morgan fingerprint density at radius 2 is 1.21 bits per heavy atom. The highest BCUT2D eigenvalue weighted by atomic mass is 16.2. The predicted molar refractivity (Wildman–Crippen MR) is 96.9 cm³/mol. The average Bonchev–Trinajstić information content (AvgIpc) is 2.61. The van der Waals surface area contributed by atoms with Crippen molar-refractivity contribution in [3.8, 4) is 0 Å². The minimum Gasteiger partial charge on any atom is -0.352 e. The number of hydrogen-bond donors (Lipinski definition) is 4. The zero-order valence-corrected chi connectivity index (χ0v) is 14.4. The molecule has 134 valence electrons. The first kappa shape index (κ1) is 20.1. The molecule has 0 aliphatic heterocycles. The van der Waals surface area contributed by atoms with Gasteiger partial charge in [-0.1, -0.05) is 18.9 Å². The van der Waals surface area contributed by atoms with E-state index in [0.29, 0.717) is 37.3 Å². The van der Waals surface area contributed by atoms with Gasteiger partial charge >= 0.3 is 0 Å². The summed E-state index contributed by atoms with van der Waals surface area (Å²) in [6, 6.07) is 6.79. The van der Waals surface area contributed by atoms with Crippen molar-refractivity contribution in [3.05, 3.63) is 35.4 Å². The highest BCUT2D eigenvalue weighted by molar-refractivity contribution is 5.99. The Labute approximate surface area is 144 Å². The summed E-state index contributed by atoms with van der Waals surface area (Å²) in [5.74, 6) is -0.305. The van der Waals surface area contributed by atoms with E-state index in [-0.39, 0.29) is 11.8 Å². The lowest BCUT2D eigenvalue weighted by Crippen LogP contribution is -2.27. The molecule has 0 saturated carbocycles. The lowest BCUT2D eigenvalue weighted by atomic mass is 10.1. The molecular weight excluding hydrogens is 304 g/mol. The molecule has 6 N–H and O–H groups in total. The molecule has 0 saturated heterocycles. The number of carbonyl (C=O) groups is 2. The zero-order valence-electron chi connectivity index (χ0n) is 14.4. The molecule has 0 heterocycles. The van der Waals surface area contributed by atoms with Crippen molar-refractivity contribution in [2.24, 2.45) is 11.5 Å². The van der Waals surface area contributed by atoms with Crippen molar-refractivity contribution in [2.75, 3.05) is 26.2 Å². The van der Waals surface area contributed by atoms with Crippen LogP contribution in [-0.2, 0) is 0 Å². The molecule has 0 aliphatic rings. The van der Waals surface area contributed by atoms with Crippen LogP contribution in [-0.4, -0.2) is 38.0 Å². The largest absolute Gasteiger partial charge is 0.352 e. The first-order valence-corrected chi connectivity index (χ1v) is 8.75. The van der Waals surface area contributed by atoms with E-state index in [4.69, 9.17) is 11.5 Å². The number of rotatable bonds is 12. The van der Waals surface area contributed by atoms with Crippen LogP contribution in [0.15, 0.2) is 24.3 Å². The van der Waals surface area contributed by atoms with Gasteiger partial charge < -0.3 is 22.1 Å². The second-order valence-corrected chi connectivity index (χ2v) is 5.79. The van der Waals surface area contributed by atoms with Crippen LogP contribution in [0, 0.1) is 0 Å². The van der Waals surface area contributed by atoms with Crippen LogP contribution >= 0.6 is 0 Å². The van der Waals surface area contributed by atoms with Gasteiger partial charge in [0.25, 0.3) is 11.8 Å². The summed E-state index contributed by atoms with van der Waals surface area (Å²) in [4.78, 5) is 24.2. The lowest BCUT2D eigenvalue weighted by Gasteiger charge is -2.08. The van der Waals surface area contributed by atoms with Crippen LogP contribution in [0.4, 0.5) is 0 Å². The summed E-state index contributed by atoms with van der Waals surface area (Å²) in [5, 5.41) is 5.73. The average molecular weight is 334 g/mol. The first-order chi connectivity index (χ1) is 11.7. The summed E-state index contributed by atoms with van der Waals surface area (Å²) in [7, 11) is 0. The van der Waals surface area contributed by atoms with Crippen LogP contribution in [0.25, 0.3) is 0 Å². The van der Waals surface area contributed by atoms with Gasteiger partial charge in [0.15, 0.2) is 0 Å². The molecule has 0 unspecified atom stereocenters. The van der Waals surface area contributed by atoms with E-state index in [0.717, 1.165) is 38.5 Å². The van der Waals surface area contributed by atoms with Crippen LogP contribution in [0.3, 0.4) is 0 Å². The highest BCUT2D eigenvalue weighted by Crippen LogP contribution is 2.06. The van der Waals surface area contributed by atoms with Gasteiger partial charge in [0.1, 0.15) is 0 Å². The van der Waals surface area contributed by atoms with E-state index in [2.05, 4.69) is 10.6 Å². The van der Waals surface area contributed by atoms with Gasteiger partial charge in [0, 0.05) is 24.2 Å². The number of nitrogens with one attached hydrogen (secondary N) is 2. The number of amides is 2. The summed E-state index contributed by atoms with van der Waals surface area (Å²) >= 11 is 0. The Morgan fingerprint density at radius 1 is 0.750 bits per heavy atom. The van der Waals surface area contributed by atoms with Crippen LogP contribution in [0.2, 0.25) is 0 Å². The molecule has 0 spiro atoms. The number of benzene rings is 1. The third-order valence-corrected chi connectivity index (χ3v) is 3.72. The standard InChI is InChI=1S/C18H30N4O2/c19-10-3-1-5-12-21-17(23)15-8-7-9-16(14-15)18(24)22-13-6-2-4-11-20/h7-9,14H,1-6,10-13,19-20H2,(H,21,23)(H,22,24). The SMILES string of the molecule is NCCCCCNC(=O)c1cccc(C(=O)NCCCCCN)c1. The highest BCUT2D eigenvalue weighted by Gasteiger charge is 2.09. The van der Waals surface area contributed by atoms with E-state index in [1.54, 1.807) is 24.3 Å². The van der Waals surface area contributed by atoms with E-state index in [1.165, 1.54) is 0 Å². The van der Waals surface area contributed by atoms with Crippen LogP contribution in [0.5, 0.6) is 0 Å². The molecule has 0 atom stereocenters. The van der Waals surface area contributed by atoms with Gasteiger partial charge in [-0.05, 0) is 57.0 Å². The number of nitrogens with two attached hydrogens (primary N) is 2. The minimum absolute atomic E-state index is 0.152. The number of hydrogen-bond acceptors (Lipinski definition) is 4. The second-order valence-electron chi connectivity index (χ2n) is 5.79. The maximum absolute atomic E-state index is 12.1. The lowest BCUT2D eigenvalue weighted by molar-refractivity contribution is 0.0952. The van der Waals surface area contributed by atoms with Crippen LogP contribution < -0.4 is 22.1 Å². The van der Waals surface area contributed by atoms with Crippen molar-refractivity contribution in [1.82, 2.24) is 10.6 Å². The molecule has 2 amide bonds. The minimum atomic E-state index is -0.152. The van der Waals surface area contributed by atoms with Crippen molar-refractivity contribution in [1.29, 1.82) is 0 Å². The van der Waals surface area contributed by atoms with Crippen molar-refractivity contribution in [3.63, 3.8) is 0 Å². The van der Waals surface area contributed by atoms with E-state index < -0.39 is 0 Å². The zero-order chi connectivity index (χ0) is 17.6. The molecule has 0 aliphatic carbocycles. The molecule has 1 aromatic rings. The maximum atomic E-state index is 12.1. The Bertz CT molecular complexity index is 464. The van der Waals surface area contributed by atoms with E-state index in [1.807, 2.05) is 0 Å². The first-order valence-electron chi connectivity index (χ1n) is 8.75. The molecular formula is C18H30N4O2. The number of unbranched alkanes of at least 4 members (excludes halogenated alkanes) is 4. The Kier molecular flexibility index (Phi) is 10.5. The predicted octanol–water partition coefficient (Wildman–Crippen LogP) is 1.40. The normalized spacial score (nSPS) is 10.4. The summed E-state index contributed by atoms with van der Waals surface area (Å²) in [5.41, 5.74) is 11.9. The maximum Gasteiger partial charge on any atom is 0.251 e. The molecule has 1 aromatic carbocycles. The fourth-order valence-electron chi connectivity index (χ4n) is 2.30. The van der Waals surface area contributed by atoms with Gasteiger partial charge in [0.2, 0.25) is 0 Å². The molecule has 6 nitrogen and oxygen atoms in total. The molecule has 24 heavy (non-hydrogen) atoms. The van der Waals surface area contributed by atoms with E-state index in [9.17, 15) is 9.59 Å². The van der Waals surface area contributed by atoms with Crippen molar-refractivity contribution < 1.29 is 9.59 Å². The number of carbonyl (C=O) groups excluding carboxylic acids is 2. The quantitative estimate of drug-likeness (QED) is 0.433. The molecule has 1 rings (SSSR count). The van der Waals surface area contributed by atoms with Gasteiger partial charge in [-0.15, -0.1) is 0 Å². The van der Waals surface area contributed by atoms with Gasteiger partial charge in [0.05, 0.1) is 0 Å². The fraction of sp³-hybridized carbons (Fsp3) is 0.556. The molecule has 6 heteroatoms. The summed E-state index contributed by atoms with van der Waals surface area (Å²) < 4.78 is 0. The molecule has 0 radical (unpaired) electrons. The Hall–Kier alpha value is -1.92. The topological polar surface area (TPSA) is 110 Å². The van der Waals surface area contributed by atoms with Crippen LogP contribution in [0.1, 0.15) is 59.2 Å². The molecule has 0 fully saturated rings. The summed E-state index contributed by atoms with van der Waals surface area (Å²) in [6.07, 6.45) is 5.76. The third kappa shape index (κ3) is 8.08.